The average Bonchev–Trinajstić information content (AvgIpc) is 3.14. The van der Waals surface area contributed by atoms with Crippen LogP contribution in [0.3, 0.4) is 0 Å². The van der Waals surface area contributed by atoms with Crippen LogP contribution in [0, 0.1) is 23.7 Å². The lowest BCUT2D eigenvalue weighted by atomic mass is 9.86. The molecule has 6 heteroatoms. The van der Waals surface area contributed by atoms with Gasteiger partial charge in [-0.25, -0.2) is 0 Å². The van der Waals surface area contributed by atoms with Gasteiger partial charge in [-0.05, 0) is 62.2 Å². The Kier molecular flexibility index (Phi) is 7.62. The molecule has 0 spiro atoms. The Labute approximate surface area is 163 Å². The minimum absolute atomic E-state index is 0. The summed E-state index contributed by atoms with van der Waals surface area (Å²) in [6.45, 7) is 2.96. The van der Waals surface area contributed by atoms with E-state index in [2.05, 4.69) is 15.2 Å². The van der Waals surface area contributed by atoms with Crippen LogP contribution in [0.5, 0.6) is 0 Å². The molecule has 3 fully saturated rings. The second kappa shape index (κ2) is 9.25. The van der Waals surface area contributed by atoms with Gasteiger partial charge < -0.3 is 16.0 Å². The van der Waals surface area contributed by atoms with Gasteiger partial charge in [0.2, 0.25) is 5.91 Å². The first-order valence-corrected chi connectivity index (χ1v) is 9.39. The molecular weight excluding hydrogens is 415 g/mol. The Balaban J connectivity index is 0.00000208. The van der Waals surface area contributed by atoms with Crippen LogP contribution in [-0.4, -0.2) is 43.4 Å². The van der Waals surface area contributed by atoms with Crippen molar-refractivity contribution in [2.24, 2.45) is 34.4 Å². The van der Waals surface area contributed by atoms with E-state index in [1.807, 2.05) is 7.05 Å². The summed E-state index contributed by atoms with van der Waals surface area (Å²) in [5, 5.41) is 3.56. The molecule has 3 aliphatic rings. The fraction of sp³-hybridized carbons (Fsp3) is 0.889. The summed E-state index contributed by atoms with van der Waals surface area (Å²) in [5.41, 5.74) is 5.35. The highest BCUT2D eigenvalue weighted by Gasteiger charge is 2.38. The number of guanidine groups is 1. The van der Waals surface area contributed by atoms with Crippen molar-refractivity contribution in [1.82, 2.24) is 10.2 Å². The van der Waals surface area contributed by atoms with E-state index in [1.54, 1.807) is 0 Å². The molecule has 4 atom stereocenters. The number of aliphatic imine (C=N–C) groups is 1. The van der Waals surface area contributed by atoms with Gasteiger partial charge in [0.1, 0.15) is 0 Å². The van der Waals surface area contributed by atoms with E-state index in [1.165, 1.54) is 32.1 Å². The maximum atomic E-state index is 11.2. The third kappa shape index (κ3) is 4.99. The van der Waals surface area contributed by atoms with Gasteiger partial charge in [-0.3, -0.25) is 9.79 Å². The summed E-state index contributed by atoms with van der Waals surface area (Å²) in [5.74, 6) is 4.16. The first-order valence-electron chi connectivity index (χ1n) is 9.39. The maximum absolute atomic E-state index is 11.2. The number of carbonyl (C=O) groups is 1. The zero-order chi connectivity index (χ0) is 16.2. The number of nitrogens with zero attached hydrogens (tertiary/aromatic N) is 2. The van der Waals surface area contributed by atoms with Gasteiger partial charge in [0.25, 0.3) is 0 Å². The third-order valence-corrected chi connectivity index (χ3v) is 6.20. The fourth-order valence-electron chi connectivity index (χ4n) is 5.14. The molecule has 0 aromatic rings. The number of hydrogen-bond acceptors (Lipinski definition) is 2. The molecule has 4 unspecified atom stereocenters. The molecule has 1 saturated heterocycles. The minimum atomic E-state index is -0.184. The molecule has 1 amide bonds. The van der Waals surface area contributed by atoms with Crippen molar-refractivity contribution < 1.29 is 4.79 Å². The van der Waals surface area contributed by atoms with Gasteiger partial charge >= 0.3 is 0 Å². The van der Waals surface area contributed by atoms with Crippen LogP contribution in [0.4, 0.5) is 0 Å². The van der Waals surface area contributed by atoms with E-state index in [9.17, 15) is 4.79 Å². The predicted octanol–water partition coefficient (Wildman–Crippen LogP) is 2.59. The van der Waals surface area contributed by atoms with Crippen molar-refractivity contribution in [3.05, 3.63) is 0 Å². The second-order valence-corrected chi connectivity index (χ2v) is 7.82. The topological polar surface area (TPSA) is 70.7 Å². The molecule has 138 valence electrons. The Bertz CT molecular complexity index is 456. The summed E-state index contributed by atoms with van der Waals surface area (Å²) in [6.07, 6.45) is 9.87. The van der Waals surface area contributed by atoms with Crippen LogP contribution in [-0.2, 0) is 4.79 Å². The number of carbonyl (C=O) groups excluding carboxylic acids is 1. The van der Waals surface area contributed by atoms with Gasteiger partial charge in [0, 0.05) is 33.1 Å². The molecule has 2 aliphatic carbocycles. The van der Waals surface area contributed by atoms with Gasteiger partial charge in [0.15, 0.2) is 5.96 Å². The highest BCUT2D eigenvalue weighted by molar-refractivity contribution is 14.0. The molecule has 0 radical (unpaired) electrons. The number of primary amides is 1. The number of hydrogen-bond donors (Lipinski definition) is 2. The highest BCUT2D eigenvalue weighted by atomic mass is 127. The third-order valence-electron chi connectivity index (χ3n) is 6.20. The number of nitrogens with two attached hydrogens (primary N) is 1. The summed E-state index contributed by atoms with van der Waals surface area (Å²) in [7, 11) is 1.86. The van der Waals surface area contributed by atoms with Gasteiger partial charge in [-0.2, -0.15) is 0 Å². The molecule has 2 bridgehead atoms. The van der Waals surface area contributed by atoms with Crippen molar-refractivity contribution in [3.63, 3.8) is 0 Å². The van der Waals surface area contributed by atoms with E-state index in [0.717, 1.165) is 56.2 Å². The molecule has 3 rings (SSSR count). The fourth-order valence-corrected chi connectivity index (χ4v) is 5.14. The van der Waals surface area contributed by atoms with E-state index < -0.39 is 0 Å². The smallest absolute Gasteiger partial charge is 0.217 e. The molecular formula is C18H33IN4O. The molecule has 2 saturated carbocycles. The van der Waals surface area contributed by atoms with Crippen molar-refractivity contribution >= 4 is 35.8 Å². The molecule has 3 N–H and O–H groups in total. The lowest BCUT2D eigenvalue weighted by Crippen LogP contribution is -2.47. The van der Waals surface area contributed by atoms with Crippen LogP contribution in [0.2, 0.25) is 0 Å². The molecule has 0 aromatic heterocycles. The number of halogens is 1. The standard InChI is InChI=1S/C18H32N4O.HI/c1-20-18(22-8-2-3-14(12-22)11-17(19)23)21-7-6-16-10-13-4-5-15(16)9-13;/h13-16H,2-12H2,1H3,(H2,19,23)(H,20,21);1H. The lowest BCUT2D eigenvalue weighted by molar-refractivity contribution is -0.119. The Hall–Kier alpha value is -0.530. The average molecular weight is 448 g/mol. The summed E-state index contributed by atoms with van der Waals surface area (Å²) >= 11 is 0. The number of amides is 1. The number of nitrogens with one attached hydrogen (secondary N) is 1. The van der Waals surface area contributed by atoms with E-state index in [4.69, 9.17) is 5.73 Å². The Morgan fingerprint density at radius 1 is 1.29 bits per heavy atom. The minimum Gasteiger partial charge on any atom is -0.370 e. The number of rotatable bonds is 5. The van der Waals surface area contributed by atoms with Crippen LogP contribution >= 0.6 is 24.0 Å². The molecule has 1 aliphatic heterocycles. The zero-order valence-electron chi connectivity index (χ0n) is 14.9. The van der Waals surface area contributed by atoms with Crippen molar-refractivity contribution in [2.75, 3.05) is 26.7 Å². The number of likely N-dealkylation sites (tertiary alicyclic amines) is 1. The van der Waals surface area contributed by atoms with Gasteiger partial charge in [-0.1, -0.05) is 6.42 Å². The van der Waals surface area contributed by atoms with Crippen LogP contribution < -0.4 is 11.1 Å². The van der Waals surface area contributed by atoms with Crippen molar-refractivity contribution in [2.45, 2.75) is 51.4 Å². The predicted molar refractivity (Wildman–Crippen MR) is 108 cm³/mol. The molecule has 24 heavy (non-hydrogen) atoms. The van der Waals surface area contributed by atoms with Crippen LogP contribution in [0.1, 0.15) is 51.4 Å². The molecule has 1 heterocycles. The highest BCUT2D eigenvalue weighted by Crippen LogP contribution is 2.49. The van der Waals surface area contributed by atoms with E-state index >= 15 is 0 Å². The van der Waals surface area contributed by atoms with Crippen LogP contribution in [0.25, 0.3) is 0 Å². The van der Waals surface area contributed by atoms with Gasteiger partial charge in [-0.15, -0.1) is 24.0 Å². The van der Waals surface area contributed by atoms with Crippen molar-refractivity contribution in [1.29, 1.82) is 0 Å². The second-order valence-electron chi connectivity index (χ2n) is 7.82. The Morgan fingerprint density at radius 3 is 2.75 bits per heavy atom. The van der Waals surface area contributed by atoms with Crippen LogP contribution in [0.15, 0.2) is 4.99 Å². The summed E-state index contributed by atoms with van der Waals surface area (Å²) in [4.78, 5) is 17.9. The number of piperidine rings is 1. The normalized spacial score (nSPS) is 32.5. The number of fused-ring (bicyclic) bond motifs is 2. The molecule has 0 aromatic carbocycles. The first kappa shape index (κ1) is 19.8. The molecule has 5 nitrogen and oxygen atoms in total. The lowest BCUT2D eigenvalue weighted by Gasteiger charge is -2.35. The quantitative estimate of drug-likeness (QED) is 0.386. The van der Waals surface area contributed by atoms with Gasteiger partial charge in [0.05, 0.1) is 0 Å². The summed E-state index contributed by atoms with van der Waals surface area (Å²) < 4.78 is 0. The SMILES string of the molecule is CN=C(NCCC1CC2CCC1C2)N1CCCC(CC(N)=O)C1.I. The van der Waals surface area contributed by atoms with E-state index in [0.29, 0.717) is 12.3 Å². The van der Waals surface area contributed by atoms with Crippen molar-refractivity contribution in [3.8, 4) is 0 Å². The zero-order valence-corrected chi connectivity index (χ0v) is 17.2. The largest absolute Gasteiger partial charge is 0.370 e. The maximum Gasteiger partial charge on any atom is 0.217 e. The van der Waals surface area contributed by atoms with E-state index in [-0.39, 0.29) is 29.9 Å². The summed E-state index contributed by atoms with van der Waals surface area (Å²) in [6, 6.07) is 0. The monoisotopic (exact) mass is 448 g/mol. The first-order chi connectivity index (χ1) is 11.2. The Morgan fingerprint density at radius 2 is 2.12 bits per heavy atom.